The number of nitrogens with zero attached hydrogens (tertiary/aromatic N) is 4. The average molecular weight is 1140 g/mol. The summed E-state index contributed by atoms with van der Waals surface area (Å²) in [6, 6.07) is 19.0. The van der Waals surface area contributed by atoms with Crippen molar-refractivity contribution in [1.29, 1.82) is 0 Å². The Hall–Kier alpha value is -3.86. The minimum absolute atomic E-state index is 0. The van der Waals surface area contributed by atoms with Gasteiger partial charge in [-0.15, -0.1) is 22.7 Å². The fourth-order valence-electron chi connectivity index (χ4n) is 4.96. The van der Waals surface area contributed by atoms with Gasteiger partial charge in [0, 0.05) is 78.2 Å². The molecule has 16 N–H and O–H groups in total. The van der Waals surface area contributed by atoms with E-state index in [1.165, 1.54) is 48.5 Å². The molecular weight excluding hydrogens is 1100 g/mol. The van der Waals surface area contributed by atoms with Crippen molar-refractivity contribution in [3.63, 3.8) is 0 Å². The number of rotatable bonds is 4. The SMILES string of the molecule is C1=C[N-]c2c3c(ccc2=C1)=CC=C[N-]3.C1=C[N-]c2c3c(ccc2=C1)=CC=C[N-]3.O.O.O.O.O.O=C(O)c1ccc(C(=O)O)cc1.OC(O)c1ccc(C(O)O)cc1.[Co+2].[Co+2].[Co].[Co].[Co].[Co]. The summed E-state index contributed by atoms with van der Waals surface area (Å²) in [7, 11) is 0. The molecule has 17 nitrogen and oxygen atoms in total. The zero-order chi connectivity index (χ0) is 37.0. The number of aromatic carboxylic acids is 2. The molecule has 4 aliphatic heterocycles. The molecule has 8 rings (SSSR count). The summed E-state index contributed by atoms with van der Waals surface area (Å²) in [6.45, 7) is 0. The summed E-state index contributed by atoms with van der Waals surface area (Å²) in [6.07, 6.45) is 20.1. The standard InChI is InChI=1S/2C12H8N2.C8H10O4.C8H6O4.6Co.5H2O/c2*1-3-9-5-6-10-4-2-8-14-12(10)11(9)13-7-1;2*9-7(10)5-1-2-6(4-3-5)8(11)12;;;;;;;;;;;/h2*1-8H;1-4,7-12H;1-4H,(H,9,10)(H,11,12);;;;;;;5*1H2/q2*-2;;;;;;;2*+2;;;;;. The first-order valence-electron chi connectivity index (χ1n) is 15.7. The molecule has 63 heavy (non-hydrogen) atoms. The smallest absolute Gasteiger partial charge is 0.665 e. The van der Waals surface area contributed by atoms with Crippen molar-refractivity contribution in [2.75, 3.05) is 0 Å². The van der Waals surface area contributed by atoms with E-state index in [0.717, 1.165) is 43.6 Å². The number of allylic oxidation sites excluding steroid dienone is 4. The molecule has 0 unspecified atom stereocenters. The second-order valence-electron chi connectivity index (χ2n) is 11.0. The summed E-state index contributed by atoms with van der Waals surface area (Å²) in [5, 5.41) is 73.6. The first-order valence-corrected chi connectivity index (χ1v) is 15.7. The second-order valence-corrected chi connectivity index (χ2v) is 11.0. The van der Waals surface area contributed by atoms with Gasteiger partial charge in [0.1, 0.15) is 0 Å². The number of carboxylic acids is 2. The van der Waals surface area contributed by atoms with Crippen LogP contribution in [0.15, 0.2) is 122 Å². The molecule has 0 saturated carbocycles. The van der Waals surface area contributed by atoms with Crippen LogP contribution >= 0.6 is 0 Å². The van der Waals surface area contributed by atoms with Gasteiger partial charge in [0.25, 0.3) is 0 Å². The van der Waals surface area contributed by atoms with Gasteiger partial charge in [0.15, 0.2) is 12.6 Å². The predicted molar refractivity (Wildman–Crippen MR) is 217 cm³/mol. The fraction of sp³-hybridized carbons (Fsp3) is 0.0500. The average Bonchev–Trinajstić information content (AvgIpc) is 3.18. The van der Waals surface area contributed by atoms with E-state index in [1.807, 2.05) is 24.3 Å². The molecule has 0 saturated heterocycles. The minimum atomic E-state index is -1.52. The molecule has 0 aromatic heterocycles. The van der Waals surface area contributed by atoms with Crippen LogP contribution in [-0.2, 0) is 101 Å². The van der Waals surface area contributed by atoms with Crippen LogP contribution in [0.3, 0.4) is 0 Å². The Morgan fingerprint density at radius 1 is 0.381 bits per heavy atom. The third-order valence-electron chi connectivity index (χ3n) is 7.60. The van der Waals surface area contributed by atoms with Gasteiger partial charge in [-0.05, 0) is 45.1 Å². The number of hydrogen-bond acceptors (Lipinski definition) is 6. The Morgan fingerprint density at radius 3 is 0.762 bits per heavy atom. The fourth-order valence-corrected chi connectivity index (χ4v) is 4.96. The summed E-state index contributed by atoms with van der Waals surface area (Å²) < 4.78 is 0. The Labute approximate surface area is 423 Å². The zero-order valence-corrected chi connectivity index (χ0v) is 38.0. The number of aliphatic hydroxyl groups is 4. The van der Waals surface area contributed by atoms with Gasteiger partial charge in [-0.1, -0.05) is 97.1 Å². The van der Waals surface area contributed by atoms with Crippen LogP contribution in [0.1, 0.15) is 44.4 Å². The molecule has 0 fully saturated rings. The minimum Gasteiger partial charge on any atom is -0.665 e. The molecule has 0 bridgehead atoms. The number of aliphatic hydroxyl groups excluding tert-OH is 2. The predicted octanol–water partition coefficient (Wildman–Crippen LogP) is 1.22. The van der Waals surface area contributed by atoms with E-state index < -0.39 is 24.5 Å². The van der Waals surface area contributed by atoms with E-state index in [2.05, 4.69) is 69.8 Å². The van der Waals surface area contributed by atoms with Crippen LogP contribution in [0.5, 0.6) is 0 Å². The van der Waals surface area contributed by atoms with E-state index in [1.54, 1.807) is 24.8 Å². The first-order chi connectivity index (χ1) is 25.1. The van der Waals surface area contributed by atoms with Crippen molar-refractivity contribution in [2.45, 2.75) is 12.6 Å². The Morgan fingerprint density at radius 2 is 0.587 bits per heavy atom. The van der Waals surface area contributed by atoms with Gasteiger partial charge in [0.2, 0.25) is 0 Å². The summed E-state index contributed by atoms with van der Waals surface area (Å²) >= 11 is 0. The van der Waals surface area contributed by atoms with E-state index in [0.29, 0.717) is 11.1 Å². The van der Waals surface area contributed by atoms with Crippen LogP contribution in [0, 0.1) is 0 Å². The number of carbonyl (C=O) groups is 2. The maximum Gasteiger partial charge on any atom is 2.00 e. The van der Waals surface area contributed by atoms with Gasteiger partial charge in [-0.3, -0.25) is 0 Å². The Balaban J connectivity index is -0.000000126. The molecule has 354 valence electrons. The quantitative estimate of drug-likeness (QED) is 0.161. The maximum atomic E-state index is 10.3. The molecule has 0 amide bonds. The largest absolute Gasteiger partial charge is 2.00 e. The molecule has 4 heterocycles. The normalized spacial score (nSPS) is 10.8. The molecule has 0 spiro atoms. The van der Waals surface area contributed by atoms with Crippen LogP contribution in [0.25, 0.3) is 45.6 Å². The van der Waals surface area contributed by atoms with Gasteiger partial charge >= 0.3 is 45.5 Å². The molecule has 6 radical (unpaired) electrons. The van der Waals surface area contributed by atoms with Crippen LogP contribution in [-0.4, -0.2) is 70.0 Å². The van der Waals surface area contributed by atoms with Crippen molar-refractivity contribution >= 4 is 59.0 Å². The molecule has 4 aromatic rings. The number of hydrogen-bond donors (Lipinski definition) is 6. The number of carboxylic acid groups (broad SMARTS) is 2. The van der Waals surface area contributed by atoms with Crippen molar-refractivity contribution in [3.8, 4) is 0 Å². The van der Waals surface area contributed by atoms with Crippen molar-refractivity contribution < 1.29 is 168 Å². The molecule has 23 heteroatoms. The summed E-state index contributed by atoms with van der Waals surface area (Å²) in [5.74, 6) is -2.13. The first kappa shape index (κ1) is 73.5. The van der Waals surface area contributed by atoms with Crippen molar-refractivity contribution in [3.05, 3.63) is 186 Å². The second kappa shape index (κ2) is 36.5. The van der Waals surface area contributed by atoms with E-state index >= 15 is 0 Å². The molecule has 4 aromatic carbocycles. The van der Waals surface area contributed by atoms with E-state index in [4.69, 9.17) is 30.6 Å². The third kappa shape index (κ3) is 20.7. The zero-order valence-electron chi connectivity index (χ0n) is 31.8. The molecule has 0 atom stereocenters. The topological polar surface area (TPSA) is 369 Å². The summed E-state index contributed by atoms with van der Waals surface area (Å²) in [5.41, 5.74) is 4.71. The number of fused-ring (bicyclic) bond motifs is 6. The van der Waals surface area contributed by atoms with Gasteiger partial charge < -0.3 is 79.3 Å². The monoisotopic (exact) mass is 1140 g/mol. The number of benzene rings is 4. The molecule has 0 aliphatic carbocycles. The van der Waals surface area contributed by atoms with E-state index in [-0.39, 0.29) is 139 Å². The van der Waals surface area contributed by atoms with Crippen LogP contribution < -0.4 is 20.9 Å². The Kier molecular flexibility index (Phi) is 42.6. The maximum absolute atomic E-state index is 10.3. The summed E-state index contributed by atoms with van der Waals surface area (Å²) in [4.78, 5) is 20.7. The van der Waals surface area contributed by atoms with Crippen molar-refractivity contribution in [1.82, 2.24) is 0 Å². The van der Waals surface area contributed by atoms with Crippen LogP contribution in [0.2, 0.25) is 0 Å². The van der Waals surface area contributed by atoms with Crippen molar-refractivity contribution in [2.24, 2.45) is 0 Å². The Bertz CT molecular complexity index is 2080. The molecule has 4 aliphatic rings. The van der Waals surface area contributed by atoms with Crippen LogP contribution in [0.4, 0.5) is 22.7 Å². The van der Waals surface area contributed by atoms with Gasteiger partial charge in [-0.25, -0.2) is 9.59 Å². The third-order valence-corrected chi connectivity index (χ3v) is 7.60. The van der Waals surface area contributed by atoms with E-state index in [9.17, 15) is 9.59 Å². The van der Waals surface area contributed by atoms with Gasteiger partial charge in [-0.2, -0.15) is 24.8 Å². The van der Waals surface area contributed by atoms with Gasteiger partial charge in [0.05, 0.1) is 11.1 Å². The molecular formula is C40H42Co6N4O13.